The number of ketones is 1. The van der Waals surface area contributed by atoms with Crippen LogP contribution in [0.1, 0.15) is 48.2 Å². The van der Waals surface area contributed by atoms with E-state index in [0.29, 0.717) is 38.2 Å². The molecule has 0 saturated carbocycles. The second-order valence-corrected chi connectivity index (χ2v) is 14.2. The first-order valence-corrected chi connectivity index (χ1v) is 16.8. The molecule has 0 bridgehead atoms. The monoisotopic (exact) mass is 594 g/mol. The molecule has 9 nitrogen and oxygen atoms in total. The maximum atomic E-state index is 13.6. The average molecular weight is 595 g/mol. The SMILES string of the molecule is CC(C)[C@H]1C(=O)N[C@H](CO)Cc2c[nH]c3c(C(=O)CCN4CCS(=O)(=O)CC4)ccc(c23)N1CCCc1ccccc1. The van der Waals surface area contributed by atoms with Gasteiger partial charge in [-0.05, 0) is 48.4 Å². The van der Waals surface area contributed by atoms with Crippen molar-refractivity contribution >= 4 is 38.1 Å². The molecule has 42 heavy (non-hydrogen) atoms. The minimum absolute atomic E-state index is 0.00581. The molecule has 2 atom stereocenters. The van der Waals surface area contributed by atoms with Crippen LogP contribution in [0.25, 0.3) is 10.9 Å². The van der Waals surface area contributed by atoms with E-state index < -0.39 is 21.9 Å². The molecule has 3 aromatic rings. The number of aliphatic hydroxyl groups excluding tert-OH is 1. The van der Waals surface area contributed by atoms with Gasteiger partial charge in [0.2, 0.25) is 5.91 Å². The molecule has 0 radical (unpaired) electrons. The van der Waals surface area contributed by atoms with Crippen LogP contribution in [0.5, 0.6) is 0 Å². The normalized spacial score (nSPS) is 21.1. The number of carbonyl (C=O) groups is 2. The van der Waals surface area contributed by atoms with Gasteiger partial charge in [0.1, 0.15) is 6.04 Å². The number of nitrogens with one attached hydrogen (secondary N) is 2. The number of Topliss-reactive ketones (excluding diaryl/α,β-unsaturated/α-hetero) is 1. The lowest BCUT2D eigenvalue weighted by Gasteiger charge is -2.36. The molecule has 1 saturated heterocycles. The first kappa shape index (κ1) is 30.3. The molecule has 0 aliphatic carbocycles. The molecule has 1 aromatic heterocycles. The van der Waals surface area contributed by atoms with Gasteiger partial charge in [-0.15, -0.1) is 0 Å². The Labute approximate surface area is 248 Å². The number of benzene rings is 2. The minimum Gasteiger partial charge on any atom is -0.394 e. The van der Waals surface area contributed by atoms with Crippen LogP contribution in [0.2, 0.25) is 0 Å². The van der Waals surface area contributed by atoms with Gasteiger partial charge in [0.05, 0.1) is 29.7 Å². The predicted molar refractivity (Wildman–Crippen MR) is 166 cm³/mol. The fraction of sp³-hybridized carbons (Fsp3) is 0.500. The van der Waals surface area contributed by atoms with Crippen LogP contribution in [-0.4, -0.2) is 91.5 Å². The number of H-pyrrole nitrogens is 1. The largest absolute Gasteiger partial charge is 0.394 e. The summed E-state index contributed by atoms with van der Waals surface area (Å²) in [6.45, 7) is 5.97. The number of hydrogen-bond acceptors (Lipinski definition) is 7. The van der Waals surface area contributed by atoms with E-state index in [1.807, 2.05) is 55.3 Å². The van der Waals surface area contributed by atoms with E-state index >= 15 is 0 Å². The number of carbonyl (C=O) groups excluding carboxylic acids is 2. The number of aromatic amines is 1. The van der Waals surface area contributed by atoms with Gasteiger partial charge in [-0.2, -0.15) is 0 Å². The summed E-state index contributed by atoms with van der Waals surface area (Å²) >= 11 is 0. The zero-order valence-corrected chi connectivity index (χ0v) is 25.3. The average Bonchev–Trinajstić information content (AvgIpc) is 3.40. The highest BCUT2D eigenvalue weighted by atomic mass is 32.2. The molecular weight excluding hydrogens is 552 g/mol. The fourth-order valence-corrected chi connectivity index (χ4v) is 7.60. The standard InChI is InChI=1S/C32H42N4O5S/c1-22(2)31-32(39)34-25(21-37)19-24-20-33-30-26(28(38)12-14-35-15-17-42(40,41)18-16-35)10-11-27(29(24)30)36(31)13-6-9-23-7-4-3-5-8-23/h3-5,7-8,10-11,20,22,25,31,33,37H,6,9,12-19,21H2,1-2H3,(H,34,39)/t25-,31-/m0/s1. The number of aromatic nitrogens is 1. The number of anilines is 1. The van der Waals surface area contributed by atoms with Crippen molar-refractivity contribution in [2.75, 3.05) is 49.2 Å². The highest BCUT2D eigenvalue weighted by molar-refractivity contribution is 7.91. The molecule has 5 rings (SSSR count). The fourth-order valence-electron chi connectivity index (χ4n) is 6.32. The third-order valence-corrected chi connectivity index (χ3v) is 10.2. The maximum absolute atomic E-state index is 13.6. The van der Waals surface area contributed by atoms with Gasteiger partial charge in [-0.1, -0.05) is 44.2 Å². The van der Waals surface area contributed by atoms with E-state index in [1.54, 1.807) is 0 Å². The number of aliphatic hydroxyl groups is 1. The topological polar surface area (TPSA) is 123 Å². The molecule has 226 valence electrons. The second kappa shape index (κ2) is 13.0. The first-order chi connectivity index (χ1) is 20.2. The molecule has 3 heterocycles. The Hall–Kier alpha value is -3.21. The van der Waals surface area contributed by atoms with E-state index in [0.717, 1.165) is 35.0 Å². The molecule has 2 aliphatic heterocycles. The number of sulfone groups is 1. The molecule has 0 unspecified atom stereocenters. The van der Waals surface area contributed by atoms with Gasteiger partial charge in [0.15, 0.2) is 15.6 Å². The Morgan fingerprint density at radius 3 is 2.50 bits per heavy atom. The lowest BCUT2D eigenvalue weighted by Crippen LogP contribution is -2.53. The smallest absolute Gasteiger partial charge is 0.243 e. The van der Waals surface area contributed by atoms with Gasteiger partial charge >= 0.3 is 0 Å². The summed E-state index contributed by atoms with van der Waals surface area (Å²) in [5, 5.41) is 14.2. The number of aryl methyl sites for hydroxylation is 1. The molecular formula is C32H42N4O5S. The third-order valence-electron chi connectivity index (χ3n) is 8.57. The molecule has 0 spiro atoms. The van der Waals surface area contributed by atoms with Crippen LogP contribution < -0.4 is 10.2 Å². The van der Waals surface area contributed by atoms with E-state index in [-0.39, 0.29) is 42.1 Å². The zero-order chi connectivity index (χ0) is 29.9. The van der Waals surface area contributed by atoms with Crippen molar-refractivity contribution in [3.63, 3.8) is 0 Å². The summed E-state index contributed by atoms with van der Waals surface area (Å²) in [6, 6.07) is 13.3. The number of amides is 1. The van der Waals surface area contributed by atoms with Gasteiger partial charge in [0, 0.05) is 55.4 Å². The quantitative estimate of drug-likeness (QED) is 0.309. The first-order valence-electron chi connectivity index (χ1n) is 15.0. The van der Waals surface area contributed by atoms with E-state index in [2.05, 4.69) is 27.3 Å². The number of rotatable bonds is 10. The Bertz CT molecular complexity index is 1500. The Morgan fingerprint density at radius 2 is 1.81 bits per heavy atom. The highest BCUT2D eigenvalue weighted by Gasteiger charge is 2.34. The summed E-state index contributed by atoms with van der Waals surface area (Å²) < 4.78 is 23.6. The molecule has 1 fully saturated rings. The number of hydrogen-bond donors (Lipinski definition) is 3. The molecule has 1 amide bonds. The van der Waals surface area contributed by atoms with Gasteiger partial charge < -0.3 is 25.2 Å². The predicted octanol–water partition coefficient (Wildman–Crippen LogP) is 2.97. The number of nitrogens with zero attached hydrogens (tertiary/aromatic N) is 2. The molecule has 10 heteroatoms. The summed E-state index contributed by atoms with van der Waals surface area (Å²) in [5.41, 5.74) is 4.45. The van der Waals surface area contributed by atoms with Crippen LogP contribution in [0.3, 0.4) is 0 Å². The van der Waals surface area contributed by atoms with Crippen LogP contribution in [0.4, 0.5) is 5.69 Å². The highest BCUT2D eigenvalue weighted by Crippen LogP contribution is 2.36. The second-order valence-electron chi connectivity index (χ2n) is 11.9. The van der Waals surface area contributed by atoms with E-state index in [1.165, 1.54) is 5.56 Å². The Kier molecular flexibility index (Phi) is 9.35. The summed E-state index contributed by atoms with van der Waals surface area (Å²) in [4.78, 5) is 34.8. The van der Waals surface area contributed by atoms with Crippen molar-refractivity contribution in [1.29, 1.82) is 0 Å². The van der Waals surface area contributed by atoms with Crippen molar-refractivity contribution in [1.82, 2.24) is 15.2 Å². The third kappa shape index (κ3) is 6.71. The van der Waals surface area contributed by atoms with Gasteiger partial charge in [0.25, 0.3) is 0 Å². The van der Waals surface area contributed by atoms with Gasteiger partial charge in [-0.3, -0.25) is 9.59 Å². The lowest BCUT2D eigenvalue weighted by molar-refractivity contribution is -0.124. The van der Waals surface area contributed by atoms with Crippen molar-refractivity contribution in [3.8, 4) is 0 Å². The van der Waals surface area contributed by atoms with Crippen LogP contribution in [0.15, 0.2) is 48.7 Å². The van der Waals surface area contributed by atoms with Crippen molar-refractivity contribution < 1.29 is 23.1 Å². The van der Waals surface area contributed by atoms with Crippen molar-refractivity contribution in [2.45, 2.75) is 51.6 Å². The summed E-state index contributed by atoms with van der Waals surface area (Å²) in [6.07, 6.45) is 4.35. The van der Waals surface area contributed by atoms with Gasteiger partial charge in [-0.25, -0.2) is 8.42 Å². The Morgan fingerprint density at radius 1 is 1.07 bits per heavy atom. The van der Waals surface area contributed by atoms with E-state index in [9.17, 15) is 23.1 Å². The molecule has 2 aromatic carbocycles. The minimum atomic E-state index is -2.98. The van der Waals surface area contributed by atoms with Crippen molar-refractivity contribution in [3.05, 3.63) is 65.4 Å². The zero-order valence-electron chi connectivity index (χ0n) is 24.5. The van der Waals surface area contributed by atoms with Crippen LogP contribution in [-0.2, 0) is 27.5 Å². The summed E-state index contributed by atoms with van der Waals surface area (Å²) in [7, 11) is -2.98. The summed E-state index contributed by atoms with van der Waals surface area (Å²) in [5.74, 6) is 0.166. The Balaban J connectivity index is 1.48. The maximum Gasteiger partial charge on any atom is 0.243 e. The van der Waals surface area contributed by atoms with E-state index in [4.69, 9.17) is 0 Å². The lowest BCUT2D eigenvalue weighted by atomic mass is 9.96. The van der Waals surface area contributed by atoms with Crippen LogP contribution >= 0.6 is 0 Å². The molecule has 2 aliphatic rings. The van der Waals surface area contributed by atoms with Crippen LogP contribution in [0, 0.1) is 5.92 Å². The van der Waals surface area contributed by atoms with Crippen molar-refractivity contribution in [2.24, 2.45) is 5.92 Å². The molecule has 3 N–H and O–H groups in total.